The van der Waals surface area contributed by atoms with Gasteiger partial charge in [-0.15, -0.1) is 0 Å². The van der Waals surface area contributed by atoms with Gasteiger partial charge in [-0.3, -0.25) is 0 Å². The Morgan fingerprint density at radius 3 is 2.50 bits per heavy atom. The van der Waals surface area contributed by atoms with Crippen LogP contribution in [0.1, 0.15) is 34.1 Å². The van der Waals surface area contributed by atoms with Crippen molar-refractivity contribution in [1.29, 1.82) is 0 Å². The third kappa shape index (κ3) is 6.63. The first-order chi connectivity index (χ1) is 6.37. The molecule has 0 heterocycles. The first-order valence-electron chi connectivity index (χ1n) is 5.08. The SMILES string of the molecule is C=C(CN=O)NCC(C)(C)CC(C)C. The monoisotopic (exact) mass is 198 g/mol. The summed E-state index contributed by atoms with van der Waals surface area (Å²) >= 11 is 0. The van der Waals surface area contributed by atoms with Crippen LogP contribution in [0.15, 0.2) is 17.5 Å². The fraction of sp³-hybridized carbons (Fsp3) is 0.818. The number of nitrogens with zero attached hydrogens (tertiary/aromatic N) is 1. The lowest BCUT2D eigenvalue weighted by atomic mass is 9.84. The molecule has 3 heteroatoms. The van der Waals surface area contributed by atoms with Crippen molar-refractivity contribution in [2.24, 2.45) is 16.5 Å². The number of hydrogen-bond acceptors (Lipinski definition) is 3. The van der Waals surface area contributed by atoms with Crippen molar-refractivity contribution in [3.8, 4) is 0 Å². The van der Waals surface area contributed by atoms with Crippen LogP contribution < -0.4 is 5.32 Å². The molecule has 0 spiro atoms. The lowest BCUT2D eigenvalue weighted by Gasteiger charge is -2.27. The molecule has 0 radical (unpaired) electrons. The van der Waals surface area contributed by atoms with Gasteiger partial charge in [0.15, 0.2) is 0 Å². The van der Waals surface area contributed by atoms with E-state index in [2.05, 4.69) is 44.8 Å². The molecule has 14 heavy (non-hydrogen) atoms. The Kier molecular flexibility index (Phi) is 5.43. The molecule has 1 N–H and O–H groups in total. The molecular weight excluding hydrogens is 176 g/mol. The maximum absolute atomic E-state index is 9.97. The van der Waals surface area contributed by atoms with Crippen molar-refractivity contribution in [3.63, 3.8) is 0 Å². The summed E-state index contributed by atoms with van der Waals surface area (Å²) in [5, 5.41) is 5.93. The quantitative estimate of drug-likeness (QED) is 0.639. The van der Waals surface area contributed by atoms with Crippen LogP contribution in [0.5, 0.6) is 0 Å². The van der Waals surface area contributed by atoms with Gasteiger partial charge in [-0.05, 0) is 17.8 Å². The number of hydrogen-bond donors (Lipinski definition) is 1. The summed E-state index contributed by atoms with van der Waals surface area (Å²) in [5.41, 5.74) is 0.942. The normalized spacial score (nSPS) is 11.5. The molecule has 0 amide bonds. The molecule has 0 aromatic heterocycles. The Hall–Kier alpha value is -0.860. The van der Waals surface area contributed by atoms with E-state index in [-0.39, 0.29) is 12.0 Å². The molecule has 0 aromatic rings. The number of rotatable bonds is 7. The maximum Gasteiger partial charge on any atom is 0.120 e. The zero-order chi connectivity index (χ0) is 11.2. The van der Waals surface area contributed by atoms with Crippen LogP contribution in [0.4, 0.5) is 0 Å². The molecule has 0 aromatic carbocycles. The fourth-order valence-electron chi connectivity index (χ4n) is 1.68. The van der Waals surface area contributed by atoms with Crippen LogP contribution in [0.2, 0.25) is 0 Å². The van der Waals surface area contributed by atoms with Gasteiger partial charge < -0.3 is 5.32 Å². The molecule has 0 saturated carbocycles. The summed E-state index contributed by atoms with van der Waals surface area (Å²) in [5.74, 6) is 0.685. The molecule has 0 aliphatic rings. The van der Waals surface area contributed by atoms with Gasteiger partial charge in [-0.25, -0.2) is 0 Å². The van der Waals surface area contributed by atoms with Crippen molar-refractivity contribution < 1.29 is 0 Å². The summed E-state index contributed by atoms with van der Waals surface area (Å²) in [6.07, 6.45) is 1.15. The van der Waals surface area contributed by atoms with Gasteiger partial charge in [0.2, 0.25) is 0 Å². The van der Waals surface area contributed by atoms with E-state index < -0.39 is 0 Å². The molecule has 0 fully saturated rings. The molecule has 0 aliphatic carbocycles. The molecule has 82 valence electrons. The van der Waals surface area contributed by atoms with E-state index >= 15 is 0 Å². The van der Waals surface area contributed by atoms with E-state index in [1.807, 2.05) is 0 Å². The van der Waals surface area contributed by atoms with E-state index in [0.29, 0.717) is 11.6 Å². The first kappa shape index (κ1) is 13.1. The molecular formula is C11H22N2O. The fourth-order valence-corrected chi connectivity index (χ4v) is 1.68. The topological polar surface area (TPSA) is 41.5 Å². The third-order valence-corrected chi connectivity index (χ3v) is 2.03. The van der Waals surface area contributed by atoms with Crippen LogP contribution in [0.25, 0.3) is 0 Å². The zero-order valence-electron chi connectivity index (χ0n) is 9.76. The van der Waals surface area contributed by atoms with Crippen molar-refractivity contribution in [3.05, 3.63) is 17.2 Å². The van der Waals surface area contributed by atoms with Crippen LogP contribution in [-0.4, -0.2) is 13.1 Å². The highest BCUT2D eigenvalue weighted by Gasteiger charge is 2.19. The largest absolute Gasteiger partial charge is 0.387 e. The summed E-state index contributed by atoms with van der Waals surface area (Å²) in [6.45, 7) is 13.6. The Morgan fingerprint density at radius 1 is 1.50 bits per heavy atom. The average molecular weight is 198 g/mol. The van der Waals surface area contributed by atoms with Crippen LogP contribution in [0.3, 0.4) is 0 Å². The minimum absolute atomic E-state index is 0.164. The van der Waals surface area contributed by atoms with Gasteiger partial charge in [0.05, 0.1) is 0 Å². The van der Waals surface area contributed by atoms with Gasteiger partial charge in [0, 0.05) is 12.2 Å². The minimum atomic E-state index is 0.164. The van der Waals surface area contributed by atoms with E-state index in [9.17, 15) is 4.91 Å². The zero-order valence-corrected chi connectivity index (χ0v) is 9.76. The molecule has 0 bridgehead atoms. The predicted octanol–water partition coefficient (Wildman–Crippen LogP) is 2.93. The summed E-state index contributed by atoms with van der Waals surface area (Å²) in [6, 6.07) is 0. The highest BCUT2D eigenvalue weighted by molar-refractivity contribution is 4.95. The summed E-state index contributed by atoms with van der Waals surface area (Å²) in [4.78, 5) is 9.97. The maximum atomic E-state index is 9.97. The summed E-state index contributed by atoms with van der Waals surface area (Å²) < 4.78 is 0. The van der Waals surface area contributed by atoms with Crippen LogP contribution in [-0.2, 0) is 0 Å². The second kappa shape index (κ2) is 5.78. The van der Waals surface area contributed by atoms with E-state index in [1.165, 1.54) is 0 Å². The Morgan fingerprint density at radius 2 is 2.07 bits per heavy atom. The molecule has 0 rings (SSSR count). The predicted molar refractivity (Wildman–Crippen MR) is 61.0 cm³/mol. The second-order valence-electron chi connectivity index (χ2n) is 5.01. The Bertz CT molecular complexity index is 197. The highest BCUT2D eigenvalue weighted by atomic mass is 16.3. The molecule has 0 unspecified atom stereocenters. The molecule has 0 atom stereocenters. The highest BCUT2D eigenvalue weighted by Crippen LogP contribution is 2.24. The number of nitroso groups, excluding NO2 is 1. The van der Waals surface area contributed by atoms with E-state index in [0.717, 1.165) is 13.0 Å². The van der Waals surface area contributed by atoms with E-state index in [1.54, 1.807) is 0 Å². The van der Waals surface area contributed by atoms with Gasteiger partial charge in [-0.2, -0.15) is 4.91 Å². The Labute approximate surface area is 86.9 Å². The van der Waals surface area contributed by atoms with E-state index in [4.69, 9.17) is 0 Å². The van der Waals surface area contributed by atoms with Crippen molar-refractivity contribution in [2.45, 2.75) is 34.1 Å². The standard InChI is InChI=1S/C11H22N2O/c1-9(2)6-11(4,5)8-12-10(3)7-13-14/h9,12H,3,6-8H2,1-2,4-5H3. The minimum Gasteiger partial charge on any atom is -0.387 e. The van der Waals surface area contributed by atoms with Crippen molar-refractivity contribution in [1.82, 2.24) is 5.32 Å². The molecule has 0 aliphatic heterocycles. The van der Waals surface area contributed by atoms with Crippen LogP contribution >= 0.6 is 0 Å². The molecule has 3 nitrogen and oxygen atoms in total. The van der Waals surface area contributed by atoms with Crippen molar-refractivity contribution >= 4 is 0 Å². The van der Waals surface area contributed by atoms with Gasteiger partial charge >= 0.3 is 0 Å². The average Bonchev–Trinajstić information content (AvgIpc) is 1.99. The molecule has 0 saturated heterocycles. The lowest BCUT2D eigenvalue weighted by molar-refractivity contribution is 0.281. The van der Waals surface area contributed by atoms with Gasteiger partial charge in [0.1, 0.15) is 6.54 Å². The number of nitrogens with one attached hydrogen (secondary N) is 1. The van der Waals surface area contributed by atoms with Crippen LogP contribution in [0, 0.1) is 16.2 Å². The van der Waals surface area contributed by atoms with Gasteiger partial charge in [-0.1, -0.05) is 39.5 Å². The second-order valence-corrected chi connectivity index (χ2v) is 5.01. The van der Waals surface area contributed by atoms with Crippen molar-refractivity contribution in [2.75, 3.05) is 13.1 Å². The van der Waals surface area contributed by atoms with Gasteiger partial charge in [0.25, 0.3) is 0 Å². The summed E-state index contributed by atoms with van der Waals surface area (Å²) in [7, 11) is 0. The smallest absolute Gasteiger partial charge is 0.120 e. The Balaban J connectivity index is 3.85. The lowest BCUT2D eigenvalue weighted by Crippen LogP contribution is -2.30. The third-order valence-electron chi connectivity index (χ3n) is 2.03. The first-order valence-corrected chi connectivity index (χ1v) is 5.08.